The Morgan fingerprint density at radius 3 is 2.72 bits per heavy atom. The molecule has 4 atom stereocenters. The Bertz CT molecular complexity index is 584. The van der Waals surface area contributed by atoms with Gasteiger partial charge in [0.1, 0.15) is 0 Å². The molecule has 1 saturated heterocycles. The number of imidazole rings is 1. The first-order valence-corrected chi connectivity index (χ1v) is 9.63. The lowest BCUT2D eigenvalue weighted by atomic mass is 9.77. The fourth-order valence-corrected chi connectivity index (χ4v) is 4.52. The van der Waals surface area contributed by atoms with E-state index in [-0.39, 0.29) is 5.91 Å². The van der Waals surface area contributed by atoms with Crippen LogP contribution in [-0.2, 0) is 16.0 Å². The molecule has 25 heavy (non-hydrogen) atoms. The number of amides is 1. The van der Waals surface area contributed by atoms with Gasteiger partial charge < -0.3 is 19.5 Å². The van der Waals surface area contributed by atoms with Gasteiger partial charge in [-0.05, 0) is 57.5 Å². The molecular formula is C19H30N4O2. The van der Waals surface area contributed by atoms with Gasteiger partial charge >= 0.3 is 0 Å². The maximum Gasteiger partial charge on any atom is 0.228 e. The van der Waals surface area contributed by atoms with Crippen LogP contribution in [0.25, 0.3) is 0 Å². The summed E-state index contributed by atoms with van der Waals surface area (Å²) < 4.78 is 6.31. The molecule has 1 aliphatic heterocycles. The third kappa shape index (κ3) is 3.90. The van der Waals surface area contributed by atoms with Crippen molar-refractivity contribution in [3.8, 4) is 0 Å². The molecule has 4 rings (SSSR count). The van der Waals surface area contributed by atoms with Gasteiger partial charge in [-0.1, -0.05) is 0 Å². The highest BCUT2D eigenvalue weighted by Crippen LogP contribution is 2.40. The molecule has 1 N–H and O–H groups in total. The molecule has 0 unspecified atom stereocenters. The SMILES string of the molecule is CN(C)[C@@H]1C[C@@H]2CN(C(=O)Cc3cnc[nH]3)C[C@@H]2C[C@H]1OCC1CC1. The van der Waals surface area contributed by atoms with Crippen LogP contribution < -0.4 is 0 Å². The number of H-pyrrole nitrogens is 1. The molecule has 3 fully saturated rings. The van der Waals surface area contributed by atoms with Crippen molar-refractivity contribution in [2.24, 2.45) is 17.8 Å². The summed E-state index contributed by atoms with van der Waals surface area (Å²) >= 11 is 0. The monoisotopic (exact) mass is 346 g/mol. The Labute approximate surface area is 149 Å². The first-order chi connectivity index (χ1) is 12.1. The predicted molar refractivity (Wildman–Crippen MR) is 95.0 cm³/mol. The average molecular weight is 346 g/mol. The van der Waals surface area contributed by atoms with Crippen LogP contribution in [0.4, 0.5) is 0 Å². The molecule has 1 aromatic heterocycles. The zero-order chi connectivity index (χ0) is 17.4. The van der Waals surface area contributed by atoms with E-state index in [1.807, 2.05) is 0 Å². The molecule has 0 bridgehead atoms. The third-order valence-electron chi connectivity index (χ3n) is 6.24. The van der Waals surface area contributed by atoms with Gasteiger partial charge in [0.15, 0.2) is 0 Å². The number of nitrogens with one attached hydrogen (secondary N) is 1. The second-order valence-corrected chi connectivity index (χ2v) is 8.39. The van der Waals surface area contributed by atoms with Crippen molar-refractivity contribution >= 4 is 5.91 Å². The Morgan fingerprint density at radius 2 is 2.08 bits per heavy atom. The number of ether oxygens (including phenoxy) is 1. The van der Waals surface area contributed by atoms with Crippen molar-refractivity contribution in [3.05, 3.63) is 18.2 Å². The van der Waals surface area contributed by atoms with Gasteiger partial charge in [0.2, 0.25) is 5.91 Å². The third-order valence-corrected chi connectivity index (χ3v) is 6.24. The van der Waals surface area contributed by atoms with E-state index in [9.17, 15) is 4.79 Å². The number of fused-ring (bicyclic) bond motifs is 1. The van der Waals surface area contributed by atoms with Crippen LogP contribution in [0.2, 0.25) is 0 Å². The van der Waals surface area contributed by atoms with E-state index in [4.69, 9.17) is 4.74 Å². The van der Waals surface area contributed by atoms with E-state index in [0.29, 0.717) is 30.4 Å². The Kier molecular flexibility index (Phi) is 4.82. The molecule has 0 aromatic carbocycles. The van der Waals surface area contributed by atoms with Crippen LogP contribution in [0, 0.1) is 17.8 Å². The fraction of sp³-hybridized carbons (Fsp3) is 0.789. The molecule has 1 aromatic rings. The molecule has 6 nitrogen and oxygen atoms in total. The number of carbonyl (C=O) groups excluding carboxylic acids is 1. The predicted octanol–water partition coefficient (Wildman–Crippen LogP) is 1.55. The molecule has 2 saturated carbocycles. The molecule has 3 aliphatic rings. The number of likely N-dealkylation sites (N-methyl/N-ethyl adjacent to an activating group) is 1. The van der Waals surface area contributed by atoms with Crippen LogP contribution in [0.5, 0.6) is 0 Å². The van der Waals surface area contributed by atoms with Crippen molar-refractivity contribution in [1.29, 1.82) is 0 Å². The minimum atomic E-state index is 0.218. The van der Waals surface area contributed by atoms with Gasteiger partial charge in [0.05, 0.1) is 18.9 Å². The second kappa shape index (κ2) is 7.08. The normalized spacial score (nSPS) is 32.2. The van der Waals surface area contributed by atoms with Gasteiger partial charge in [-0.3, -0.25) is 4.79 Å². The topological polar surface area (TPSA) is 61.5 Å². The van der Waals surface area contributed by atoms with Crippen molar-refractivity contribution < 1.29 is 9.53 Å². The summed E-state index contributed by atoms with van der Waals surface area (Å²) in [6, 6.07) is 0.475. The summed E-state index contributed by atoms with van der Waals surface area (Å²) in [7, 11) is 4.32. The van der Waals surface area contributed by atoms with E-state index in [0.717, 1.165) is 44.1 Å². The van der Waals surface area contributed by atoms with E-state index < -0.39 is 0 Å². The number of likely N-dealkylation sites (tertiary alicyclic amines) is 1. The van der Waals surface area contributed by atoms with Crippen LogP contribution in [0.15, 0.2) is 12.5 Å². The number of aromatic nitrogens is 2. The van der Waals surface area contributed by atoms with Gasteiger partial charge in [0, 0.05) is 37.6 Å². The lowest BCUT2D eigenvalue weighted by Crippen LogP contribution is -2.48. The van der Waals surface area contributed by atoms with Crippen molar-refractivity contribution in [2.75, 3.05) is 33.8 Å². The summed E-state index contributed by atoms with van der Waals surface area (Å²) in [4.78, 5) is 24.0. The number of aromatic amines is 1. The molecule has 0 spiro atoms. The maximum absolute atomic E-state index is 12.6. The van der Waals surface area contributed by atoms with Crippen LogP contribution in [-0.4, -0.2) is 71.6 Å². The van der Waals surface area contributed by atoms with Crippen molar-refractivity contribution in [2.45, 2.75) is 44.2 Å². The molecule has 6 heteroatoms. The Hall–Kier alpha value is -1.40. The quantitative estimate of drug-likeness (QED) is 0.849. The summed E-state index contributed by atoms with van der Waals surface area (Å²) in [6.45, 7) is 2.72. The zero-order valence-corrected chi connectivity index (χ0v) is 15.4. The summed E-state index contributed by atoms with van der Waals surface area (Å²) in [5, 5.41) is 0. The van der Waals surface area contributed by atoms with Crippen molar-refractivity contribution in [1.82, 2.24) is 19.8 Å². The van der Waals surface area contributed by atoms with Crippen LogP contribution >= 0.6 is 0 Å². The van der Waals surface area contributed by atoms with E-state index >= 15 is 0 Å². The van der Waals surface area contributed by atoms with Crippen LogP contribution in [0.1, 0.15) is 31.4 Å². The average Bonchev–Trinajstić information content (AvgIpc) is 3.09. The van der Waals surface area contributed by atoms with Gasteiger partial charge in [-0.2, -0.15) is 0 Å². The first-order valence-electron chi connectivity index (χ1n) is 9.63. The minimum absolute atomic E-state index is 0.218. The lowest BCUT2D eigenvalue weighted by molar-refractivity contribution is -0.129. The van der Waals surface area contributed by atoms with Crippen LogP contribution in [0.3, 0.4) is 0 Å². The maximum atomic E-state index is 12.6. The minimum Gasteiger partial charge on any atom is -0.376 e. The molecule has 2 heterocycles. The summed E-state index contributed by atoms with van der Waals surface area (Å²) in [5.74, 6) is 2.22. The number of hydrogen-bond acceptors (Lipinski definition) is 4. The zero-order valence-electron chi connectivity index (χ0n) is 15.4. The van der Waals surface area contributed by atoms with E-state index in [1.54, 1.807) is 12.5 Å². The number of nitrogens with zero attached hydrogens (tertiary/aromatic N) is 3. The van der Waals surface area contributed by atoms with E-state index in [2.05, 4.69) is 33.9 Å². The standard InChI is InChI=1S/C19H30N4O2/c1-22(2)17-5-14-9-23(19(24)7-16-8-20-12-21-16)10-15(14)6-18(17)25-11-13-3-4-13/h8,12-15,17-18H,3-7,9-11H2,1-2H3,(H,20,21)/t14-,15+,17-,18-/m1/s1. The molecular weight excluding hydrogens is 316 g/mol. The molecule has 0 radical (unpaired) electrons. The number of hydrogen-bond donors (Lipinski definition) is 1. The Balaban J connectivity index is 1.36. The molecule has 1 amide bonds. The first kappa shape index (κ1) is 17.0. The van der Waals surface area contributed by atoms with Crippen molar-refractivity contribution in [3.63, 3.8) is 0 Å². The summed E-state index contributed by atoms with van der Waals surface area (Å²) in [6.07, 6.45) is 9.02. The Morgan fingerprint density at radius 1 is 1.32 bits per heavy atom. The number of carbonyl (C=O) groups is 1. The largest absolute Gasteiger partial charge is 0.376 e. The molecule has 138 valence electrons. The van der Waals surface area contributed by atoms with E-state index in [1.165, 1.54) is 12.8 Å². The summed E-state index contributed by atoms with van der Waals surface area (Å²) in [5.41, 5.74) is 0.900. The highest BCUT2D eigenvalue weighted by molar-refractivity contribution is 5.78. The smallest absolute Gasteiger partial charge is 0.228 e. The highest BCUT2D eigenvalue weighted by atomic mass is 16.5. The van der Waals surface area contributed by atoms with Gasteiger partial charge in [0.25, 0.3) is 0 Å². The number of rotatable bonds is 6. The fourth-order valence-electron chi connectivity index (χ4n) is 4.52. The van der Waals surface area contributed by atoms with Gasteiger partial charge in [-0.15, -0.1) is 0 Å². The highest BCUT2D eigenvalue weighted by Gasteiger charge is 2.44. The molecule has 2 aliphatic carbocycles. The van der Waals surface area contributed by atoms with Gasteiger partial charge in [-0.25, -0.2) is 4.98 Å². The second-order valence-electron chi connectivity index (χ2n) is 8.39. The lowest BCUT2D eigenvalue weighted by Gasteiger charge is -2.41.